The molecule has 3 aromatic carbocycles. The van der Waals surface area contributed by atoms with Crippen molar-refractivity contribution >= 4 is 30.8 Å². The smallest absolute Gasteiger partial charge is 0.268 e. The fourth-order valence-electron chi connectivity index (χ4n) is 3.55. The molecule has 33 heavy (non-hydrogen) atoms. The molecule has 0 saturated heterocycles. The van der Waals surface area contributed by atoms with Crippen LogP contribution in [-0.4, -0.2) is 32.5 Å². The second kappa shape index (κ2) is 8.87. The Kier molecular flexibility index (Phi) is 6.13. The number of aliphatic hydroxyl groups is 1. The highest BCUT2D eigenvalue weighted by Gasteiger charge is 2.22. The summed E-state index contributed by atoms with van der Waals surface area (Å²) in [5, 5.41) is 12.4. The lowest BCUT2D eigenvalue weighted by Gasteiger charge is -2.08. The highest BCUT2D eigenvalue weighted by molar-refractivity contribution is 7.96. The number of fused-ring (bicyclic) bond motifs is 1. The molecule has 0 amide bonds. The summed E-state index contributed by atoms with van der Waals surface area (Å²) in [5.74, 6) is 2.71. The predicted octanol–water partition coefficient (Wildman–Crippen LogP) is 3.50. The van der Waals surface area contributed by atoms with E-state index in [0.717, 1.165) is 9.54 Å². The van der Waals surface area contributed by atoms with Crippen LogP contribution >= 0.6 is 0 Å². The molecule has 0 saturated carbocycles. The molecule has 0 bridgehead atoms. The molecule has 0 aliphatic carbocycles. The summed E-state index contributed by atoms with van der Waals surface area (Å²) in [6, 6.07) is 19.3. The van der Waals surface area contributed by atoms with Crippen molar-refractivity contribution in [3.8, 4) is 11.2 Å². The van der Waals surface area contributed by atoms with Gasteiger partial charge in [-0.25, -0.2) is 20.8 Å². The van der Waals surface area contributed by atoms with Gasteiger partial charge >= 0.3 is 0 Å². The van der Waals surface area contributed by atoms with E-state index in [2.05, 4.69) is 11.2 Å². The largest absolute Gasteiger partial charge is 0.396 e. The van der Waals surface area contributed by atoms with E-state index in [9.17, 15) is 21.9 Å². The molecule has 0 radical (unpaired) electrons. The lowest BCUT2D eigenvalue weighted by atomic mass is 10.1. The van der Waals surface area contributed by atoms with Crippen LogP contribution in [0.1, 0.15) is 16.7 Å². The minimum absolute atomic E-state index is 0.0831. The number of aliphatic hydroxyl groups excluding tert-OH is 1. The molecule has 4 rings (SSSR count). The van der Waals surface area contributed by atoms with E-state index in [0.29, 0.717) is 22.0 Å². The van der Waals surface area contributed by atoms with Gasteiger partial charge in [0.1, 0.15) is 0 Å². The Morgan fingerprint density at radius 2 is 1.55 bits per heavy atom. The molecular weight excluding hydrogens is 458 g/mol. The molecule has 1 N–H and O–H groups in total. The first kappa shape index (κ1) is 22.8. The Morgan fingerprint density at radius 3 is 2.21 bits per heavy atom. The first-order valence-corrected chi connectivity index (χ1v) is 13.1. The summed E-state index contributed by atoms with van der Waals surface area (Å²) >= 11 is 0. The summed E-state index contributed by atoms with van der Waals surface area (Å²) in [6.07, 6.45) is 1.66. The summed E-state index contributed by atoms with van der Waals surface area (Å²) in [5.41, 5.74) is 2.23. The van der Waals surface area contributed by atoms with Crippen molar-refractivity contribution in [3.63, 3.8) is 0 Å². The molecule has 4 aromatic rings. The van der Waals surface area contributed by atoms with Crippen LogP contribution in [0.3, 0.4) is 0 Å². The molecule has 0 atom stereocenters. The van der Waals surface area contributed by atoms with Gasteiger partial charge in [0.2, 0.25) is 9.84 Å². The van der Waals surface area contributed by atoms with E-state index in [-0.39, 0.29) is 22.8 Å². The molecule has 1 aromatic heterocycles. The SMILES string of the molecule is Cc1ccc(S(=O)(=O)n2cc(CCO)c3c(C#CS(=O)(=O)c4ccccc4)cccc32)cc1. The highest BCUT2D eigenvalue weighted by atomic mass is 32.2. The van der Waals surface area contributed by atoms with Crippen molar-refractivity contribution in [2.75, 3.05) is 6.61 Å². The van der Waals surface area contributed by atoms with Crippen molar-refractivity contribution < 1.29 is 21.9 Å². The first-order chi connectivity index (χ1) is 15.7. The van der Waals surface area contributed by atoms with Crippen molar-refractivity contribution in [2.24, 2.45) is 0 Å². The molecule has 6 nitrogen and oxygen atoms in total. The maximum atomic E-state index is 13.4. The van der Waals surface area contributed by atoms with E-state index < -0.39 is 19.9 Å². The molecule has 0 fully saturated rings. The van der Waals surface area contributed by atoms with Gasteiger partial charge in [0.05, 0.1) is 15.3 Å². The molecule has 0 spiro atoms. The Labute approximate surface area is 193 Å². The third kappa shape index (κ3) is 4.44. The van der Waals surface area contributed by atoms with Gasteiger partial charge < -0.3 is 5.11 Å². The third-order valence-electron chi connectivity index (χ3n) is 5.21. The second-order valence-corrected chi connectivity index (χ2v) is 11.0. The summed E-state index contributed by atoms with van der Waals surface area (Å²) in [4.78, 5) is 0.212. The van der Waals surface area contributed by atoms with Crippen LogP contribution in [0.2, 0.25) is 0 Å². The monoisotopic (exact) mass is 479 g/mol. The summed E-state index contributed by atoms with van der Waals surface area (Å²) < 4.78 is 53.1. The topological polar surface area (TPSA) is 93.4 Å². The number of benzene rings is 3. The zero-order chi connectivity index (χ0) is 23.6. The fourth-order valence-corrected chi connectivity index (χ4v) is 5.82. The zero-order valence-electron chi connectivity index (χ0n) is 17.8. The van der Waals surface area contributed by atoms with Gasteiger partial charge in [-0.15, -0.1) is 0 Å². The molecular formula is C25H21NO5S2. The Hall–Kier alpha value is -3.38. The van der Waals surface area contributed by atoms with Gasteiger partial charge in [0.25, 0.3) is 10.0 Å². The van der Waals surface area contributed by atoms with E-state index in [4.69, 9.17) is 0 Å². The molecule has 8 heteroatoms. The van der Waals surface area contributed by atoms with Crippen LogP contribution in [-0.2, 0) is 26.3 Å². The van der Waals surface area contributed by atoms with Crippen molar-refractivity contribution in [1.82, 2.24) is 3.97 Å². The van der Waals surface area contributed by atoms with Crippen molar-refractivity contribution in [2.45, 2.75) is 23.1 Å². The predicted molar refractivity (Wildman–Crippen MR) is 127 cm³/mol. The number of sulfone groups is 1. The minimum atomic E-state index is -3.91. The Bertz CT molecular complexity index is 1590. The van der Waals surface area contributed by atoms with Crippen LogP contribution in [0.5, 0.6) is 0 Å². The quantitative estimate of drug-likeness (QED) is 0.442. The van der Waals surface area contributed by atoms with Crippen molar-refractivity contribution in [3.05, 3.63) is 95.7 Å². The van der Waals surface area contributed by atoms with Gasteiger partial charge in [0, 0.05) is 29.0 Å². The van der Waals surface area contributed by atoms with Gasteiger partial charge in [-0.3, -0.25) is 0 Å². The lowest BCUT2D eigenvalue weighted by Crippen LogP contribution is -2.11. The van der Waals surface area contributed by atoms with E-state index in [1.165, 1.54) is 30.5 Å². The maximum absolute atomic E-state index is 13.4. The zero-order valence-corrected chi connectivity index (χ0v) is 19.4. The average molecular weight is 480 g/mol. The number of rotatable bonds is 5. The standard InChI is InChI=1S/C25H21NO5S2/c1-19-10-12-23(13-11-19)33(30,31)26-18-21(14-16-27)25-20(6-5-9-24(25)26)15-17-32(28,29)22-7-3-2-4-8-22/h2-13,18,27H,14,16H2,1H3. The van der Waals surface area contributed by atoms with Crippen molar-refractivity contribution in [1.29, 1.82) is 0 Å². The lowest BCUT2D eigenvalue weighted by molar-refractivity contribution is 0.300. The van der Waals surface area contributed by atoms with E-state index in [1.54, 1.807) is 48.5 Å². The van der Waals surface area contributed by atoms with Gasteiger partial charge in [0.15, 0.2) is 0 Å². The van der Waals surface area contributed by atoms with Crippen LogP contribution < -0.4 is 0 Å². The minimum Gasteiger partial charge on any atom is -0.396 e. The van der Waals surface area contributed by atoms with Crippen LogP contribution in [0.4, 0.5) is 0 Å². The number of hydrogen-bond donors (Lipinski definition) is 1. The average Bonchev–Trinajstić information content (AvgIpc) is 3.19. The Morgan fingerprint density at radius 1 is 0.848 bits per heavy atom. The molecule has 0 unspecified atom stereocenters. The Balaban J connectivity index is 1.90. The molecule has 0 aliphatic rings. The molecule has 1 heterocycles. The van der Waals surface area contributed by atoms with Crippen LogP contribution in [0.15, 0.2) is 88.8 Å². The third-order valence-corrected chi connectivity index (χ3v) is 8.16. The summed E-state index contributed by atoms with van der Waals surface area (Å²) in [7, 11) is -7.77. The fraction of sp³-hybridized carbons (Fsp3) is 0.120. The van der Waals surface area contributed by atoms with Gasteiger partial charge in [-0.1, -0.05) is 42.0 Å². The van der Waals surface area contributed by atoms with E-state index in [1.807, 2.05) is 6.92 Å². The van der Waals surface area contributed by atoms with E-state index >= 15 is 0 Å². The highest BCUT2D eigenvalue weighted by Crippen LogP contribution is 2.29. The maximum Gasteiger partial charge on any atom is 0.268 e. The first-order valence-electron chi connectivity index (χ1n) is 10.1. The van der Waals surface area contributed by atoms with Crippen LogP contribution in [0.25, 0.3) is 10.9 Å². The van der Waals surface area contributed by atoms with Gasteiger partial charge in [-0.2, -0.15) is 0 Å². The second-order valence-electron chi connectivity index (χ2n) is 7.49. The number of aryl methyl sites for hydroxylation is 1. The number of hydrogen-bond acceptors (Lipinski definition) is 5. The normalized spacial score (nSPS) is 11.8. The molecule has 0 aliphatic heterocycles. The summed E-state index contributed by atoms with van der Waals surface area (Å²) in [6.45, 7) is 1.67. The number of aromatic nitrogens is 1. The number of nitrogens with zero attached hydrogens (tertiary/aromatic N) is 1. The molecule has 168 valence electrons. The van der Waals surface area contributed by atoms with Crippen LogP contribution in [0, 0.1) is 18.1 Å². The van der Waals surface area contributed by atoms with Gasteiger partial charge in [-0.05, 0) is 61.2 Å².